The van der Waals surface area contributed by atoms with Crippen molar-refractivity contribution in [3.05, 3.63) is 28.5 Å². The van der Waals surface area contributed by atoms with Gasteiger partial charge in [-0.3, -0.25) is 5.10 Å². The van der Waals surface area contributed by atoms with Gasteiger partial charge in [0.25, 0.3) is 0 Å². The van der Waals surface area contributed by atoms with Crippen LogP contribution in [0.15, 0.2) is 22.7 Å². The van der Waals surface area contributed by atoms with E-state index in [1.54, 1.807) is 18.5 Å². The Bertz CT molecular complexity index is 621. The summed E-state index contributed by atoms with van der Waals surface area (Å²) in [7, 11) is -1.64. The summed E-state index contributed by atoms with van der Waals surface area (Å²) in [5.41, 5.74) is 0. The molecule has 2 heterocycles. The van der Waals surface area contributed by atoms with Crippen molar-refractivity contribution in [2.75, 3.05) is 13.6 Å². The van der Waals surface area contributed by atoms with Gasteiger partial charge in [0.1, 0.15) is 12.2 Å². The van der Waals surface area contributed by atoms with Crippen LogP contribution < -0.4 is 10.0 Å². The third kappa shape index (κ3) is 3.85. The maximum atomic E-state index is 12.2. The number of aryl methyl sites for hydroxylation is 1. The highest BCUT2D eigenvalue weighted by Gasteiger charge is 2.18. The quantitative estimate of drug-likeness (QED) is 0.616. The Morgan fingerprint density at radius 1 is 1.45 bits per heavy atom. The van der Waals surface area contributed by atoms with Crippen LogP contribution in [0.4, 0.5) is 0 Å². The SMILES string of the molecule is CNCc1sccc1S(=O)(=O)NCCCc1ncn[nH]1. The van der Waals surface area contributed by atoms with Gasteiger partial charge in [-0.2, -0.15) is 5.10 Å². The Morgan fingerprint density at radius 3 is 3.00 bits per heavy atom. The number of thiophene rings is 1. The molecule has 0 atom stereocenters. The van der Waals surface area contributed by atoms with E-state index >= 15 is 0 Å². The van der Waals surface area contributed by atoms with E-state index in [2.05, 4.69) is 25.2 Å². The number of nitrogens with one attached hydrogen (secondary N) is 3. The van der Waals surface area contributed by atoms with E-state index < -0.39 is 10.0 Å². The molecule has 9 heteroatoms. The minimum absolute atomic E-state index is 0.358. The fourth-order valence-corrected chi connectivity index (χ4v) is 4.28. The van der Waals surface area contributed by atoms with Gasteiger partial charge in [-0.15, -0.1) is 11.3 Å². The number of H-pyrrole nitrogens is 1. The molecular weight excluding hydrogens is 298 g/mol. The first-order valence-corrected chi connectivity index (χ1v) is 8.54. The minimum Gasteiger partial charge on any atom is -0.315 e. The van der Waals surface area contributed by atoms with Crippen molar-refractivity contribution < 1.29 is 8.42 Å². The Kier molecular flexibility index (Phi) is 5.24. The molecule has 0 spiro atoms. The topological polar surface area (TPSA) is 99.8 Å². The highest BCUT2D eigenvalue weighted by Crippen LogP contribution is 2.21. The van der Waals surface area contributed by atoms with Crippen LogP contribution in [-0.4, -0.2) is 37.2 Å². The Hall–Kier alpha value is -1.29. The molecule has 0 amide bonds. The number of rotatable bonds is 8. The third-order valence-electron chi connectivity index (χ3n) is 2.68. The minimum atomic E-state index is -3.44. The molecule has 0 fully saturated rings. The lowest BCUT2D eigenvalue weighted by atomic mass is 10.3. The molecule has 2 aromatic rings. The van der Waals surface area contributed by atoms with Crippen molar-refractivity contribution in [2.45, 2.75) is 24.3 Å². The van der Waals surface area contributed by atoms with Gasteiger partial charge in [-0.05, 0) is 24.9 Å². The van der Waals surface area contributed by atoms with Gasteiger partial charge in [0.2, 0.25) is 10.0 Å². The summed E-state index contributed by atoms with van der Waals surface area (Å²) >= 11 is 1.43. The number of hydrogen-bond donors (Lipinski definition) is 3. The molecular formula is C11H17N5O2S2. The maximum absolute atomic E-state index is 12.2. The summed E-state index contributed by atoms with van der Waals surface area (Å²) in [5, 5.41) is 11.2. The Morgan fingerprint density at radius 2 is 2.30 bits per heavy atom. The normalized spacial score (nSPS) is 11.8. The molecule has 0 radical (unpaired) electrons. The lowest BCUT2D eigenvalue weighted by Gasteiger charge is -2.07. The number of sulfonamides is 1. The van der Waals surface area contributed by atoms with Crippen molar-refractivity contribution in [3.8, 4) is 0 Å². The van der Waals surface area contributed by atoms with Crippen molar-refractivity contribution in [3.63, 3.8) is 0 Å². The smallest absolute Gasteiger partial charge is 0.241 e. The van der Waals surface area contributed by atoms with E-state index in [0.717, 1.165) is 10.7 Å². The fraction of sp³-hybridized carbons (Fsp3) is 0.455. The Balaban J connectivity index is 1.88. The molecule has 0 unspecified atom stereocenters. The molecule has 0 aromatic carbocycles. The van der Waals surface area contributed by atoms with E-state index in [9.17, 15) is 8.42 Å². The summed E-state index contributed by atoms with van der Waals surface area (Å²) < 4.78 is 27.0. The van der Waals surface area contributed by atoms with Crippen LogP contribution >= 0.6 is 11.3 Å². The molecule has 110 valence electrons. The molecule has 0 saturated heterocycles. The van der Waals surface area contributed by atoms with Gasteiger partial charge in [0.15, 0.2) is 0 Å². The average molecular weight is 315 g/mol. The summed E-state index contributed by atoms with van der Waals surface area (Å²) in [6.07, 6.45) is 2.77. The van der Waals surface area contributed by atoms with Crippen LogP contribution in [0.1, 0.15) is 17.1 Å². The highest BCUT2D eigenvalue weighted by atomic mass is 32.2. The largest absolute Gasteiger partial charge is 0.315 e. The molecule has 0 saturated carbocycles. The van der Waals surface area contributed by atoms with Gasteiger partial charge >= 0.3 is 0 Å². The maximum Gasteiger partial charge on any atom is 0.241 e. The molecule has 7 nitrogen and oxygen atoms in total. The average Bonchev–Trinajstić information content (AvgIpc) is 3.06. The molecule has 20 heavy (non-hydrogen) atoms. The van der Waals surface area contributed by atoms with Crippen molar-refractivity contribution in [2.24, 2.45) is 0 Å². The summed E-state index contributed by atoms with van der Waals surface area (Å²) in [6, 6.07) is 1.64. The Labute approximate surface area is 121 Å². The number of nitrogens with zero attached hydrogens (tertiary/aromatic N) is 2. The fourth-order valence-electron chi connectivity index (χ4n) is 1.75. The number of aromatic amines is 1. The second-order valence-electron chi connectivity index (χ2n) is 4.17. The van der Waals surface area contributed by atoms with Crippen LogP contribution in [0.2, 0.25) is 0 Å². The van der Waals surface area contributed by atoms with E-state index in [0.29, 0.717) is 30.8 Å². The predicted octanol–water partition coefficient (Wildman–Crippen LogP) is 0.497. The monoisotopic (exact) mass is 315 g/mol. The molecule has 2 aromatic heterocycles. The molecule has 3 N–H and O–H groups in total. The zero-order chi connectivity index (χ0) is 14.4. The van der Waals surface area contributed by atoms with Crippen LogP contribution in [0.5, 0.6) is 0 Å². The summed E-state index contributed by atoms with van der Waals surface area (Å²) in [6.45, 7) is 0.920. The first-order chi connectivity index (χ1) is 9.63. The standard InChI is InChI=1S/C11H17N5O2S2/c1-12-7-9-10(4-6-19-9)20(17,18)15-5-2-3-11-13-8-14-16-11/h4,6,8,12,15H,2-3,5,7H2,1H3,(H,13,14,16). The van der Waals surface area contributed by atoms with Gasteiger partial charge in [-0.25, -0.2) is 18.1 Å². The summed E-state index contributed by atoms with van der Waals surface area (Å²) in [4.78, 5) is 5.16. The highest BCUT2D eigenvalue weighted by molar-refractivity contribution is 7.89. The van der Waals surface area contributed by atoms with Gasteiger partial charge in [0, 0.05) is 24.4 Å². The van der Waals surface area contributed by atoms with Crippen molar-refractivity contribution in [1.82, 2.24) is 25.2 Å². The lowest BCUT2D eigenvalue weighted by molar-refractivity contribution is 0.577. The molecule has 2 rings (SSSR count). The van der Waals surface area contributed by atoms with E-state index in [-0.39, 0.29) is 0 Å². The van der Waals surface area contributed by atoms with Gasteiger partial charge < -0.3 is 5.32 Å². The van der Waals surface area contributed by atoms with Gasteiger partial charge in [0.05, 0.1) is 4.90 Å². The van der Waals surface area contributed by atoms with E-state index in [1.165, 1.54) is 17.7 Å². The van der Waals surface area contributed by atoms with Crippen LogP contribution in [0.25, 0.3) is 0 Å². The molecule has 0 bridgehead atoms. The predicted molar refractivity (Wildman–Crippen MR) is 77.0 cm³/mol. The van der Waals surface area contributed by atoms with Crippen LogP contribution in [-0.2, 0) is 23.0 Å². The molecule has 0 aliphatic rings. The second kappa shape index (κ2) is 6.93. The van der Waals surface area contributed by atoms with Crippen LogP contribution in [0.3, 0.4) is 0 Å². The van der Waals surface area contributed by atoms with Crippen molar-refractivity contribution >= 4 is 21.4 Å². The molecule has 0 aliphatic heterocycles. The first-order valence-electron chi connectivity index (χ1n) is 6.18. The second-order valence-corrected chi connectivity index (χ2v) is 6.91. The molecule has 0 aliphatic carbocycles. The van der Waals surface area contributed by atoms with E-state index in [4.69, 9.17) is 0 Å². The number of aromatic nitrogens is 3. The third-order valence-corrected chi connectivity index (χ3v) is 5.27. The lowest BCUT2D eigenvalue weighted by Crippen LogP contribution is -2.26. The zero-order valence-electron chi connectivity index (χ0n) is 11.1. The van der Waals surface area contributed by atoms with E-state index in [1.807, 2.05) is 0 Å². The number of hydrogen-bond acceptors (Lipinski definition) is 6. The summed E-state index contributed by atoms with van der Waals surface area (Å²) in [5.74, 6) is 0.760. The first kappa shape index (κ1) is 15.1. The van der Waals surface area contributed by atoms with Crippen molar-refractivity contribution in [1.29, 1.82) is 0 Å². The van der Waals surface area contributed by atoms with Crippen LogP contribution in [0, 0.1) is 0 Å². The zero-order valence-corrected chi connectivity index (χ0v) is 12.7. The van der Waals surface area contributed by atoms with Gasteiger partial charge in [-0.1, -0.05) is 0 Å².